The van der Waals surface area contributed by atoms with E-state index >= 15 is 0 Å². The molecular weight excluding hydrogens is 244 g/mol. The lowest BCUT2D eigenvalue weighted by atomic mass is 9.85. The number of nitrogens with zero attached hydrogens (tertiary/aromatic N) is 2. The minimum Gasteiger partial charge on any atom is -0.264 e. The van der Waals surface area contributed by atoms with Crippen molar-refractivity contribution in [2.24, 2.45) is 0 Å². The van der Waals surface area contributed by atoms with E-state index < -0.39 is 0 Å². The van der Waals surface area contributed by atoms with Crippen LogP contribution in [0.25, 0.3) is 21.8 Å². The molecule has 1 aliphatic rings. The van der Waals surface area contributed by atoms with E-state index in [0.29, 0.717) is 5.92 Å². The molecule has 0 spiro atoms. The first-order valence-electron chi connectivity index (χ1n) is 7.22. The molecule has 2 nitrogen and oxygen atoms in total. The number of allylic oxidation sites excluding steroid dienone is 2. The molecule has 1 atom stereocenters. The number of fused-ring (bicyclic) bond motifs is 2. The quantitative estimate of drug-likeness (QED) is 0.472. The number of hydrogen-bond donors (Lipinski definition) is 0. The van der Waals surface area contributed by atoms with E-state index in [2.05, 4.69) is 41.4 Å². The summed E-state index contributed by atoms with van der Waals surface area (Å²) in [5.41, 5.74) is 3.53. The predicted octanol–water partition coefficient (Wildman–Crippen LogP) is 4.61. The van der Waals surface area contributed by atoms with E-state index in [9.17, 15) is 0 Å². The Labute approximate surface area is 118 Å². The smallest absolute Gasteiger partial charge is 0.0743 e. The highest BCUT2D eigenvalue weighted by Gasteiger charge is 2.18. The zero-order valence-electron chi connectivity index (χ0n) is 11.3. The van der Waals surface area contributed by atoms with Crippen molar-refractivity contribution >= 4 is 21.8 Å². The van der Waals surface area contributed by atoms with Crippen LogP contribution in [0.3, 0.4) is 0 Å². The molecule has 0 amide bonds. The average Bonchev–Trinajstić information content (AvgIpc) is 2.53. The van der Waals surface area contributed by atoms with Crippen molar-refractivity contribution in [3.05, 3.63) is 60.4 Å². The van der Waals surface area contributed by atoms with Gasteiger partial charge in [-0.05, 0) is 37.0 Å². The molecule has 2 heterocycles. The van der Waals surface area contributed by atoms with Crippen LogP contribution in [-0.4, -0.2) is 9.97 Å². The zero-order chi connectivity index (χ0) is 13.4. The Balaban J connectivity index is 2.11. The minimum atomic E-state index is 0.489. The Morgan fingerprint density at radius 1 is 1.00 bits per heavy atom. The van der Waals surface area contributed by atoms with Gasteiger partial charge in [-0.3, -0.25) is 4.98 Å². The molecule has 0 N–H and O–H groups in total. The zero-order valence-corrected chi connectivity index (χ0v) is 11.3. The van der Waals surface area contributed by atoms with Gasteiger partial charge in [0.2, 0.25) is 0 Å². The van der Waals surface area contributed by atoms with Crippen LogP contribution in [0.1, 0.15) is 30.7 Å². The van der Waals surface area contributed by atoms with Crippen LogP contribution in [0.2, 0.25) is 0 Å². The number of hydrogen-bond acceptors (Lipinski definition) is 2. The van der Waals surface area contributed by atoms with Crippen molar-refractivity contribution < 1.29 is 0 Å². The largest absolute Gasteiger partial charge is 0.264 e. The fourth-order valence-electron chi connectivity index (χ4n) is 3.22. The second-order valence-electron chi connectivity index (χ2n) is 5.40. The van der Waals surface area contributed by atoms with Gasteiger partial charge in [0.15, 0.2) is 0 Å². The lowest BCUT2D eigenvalue weighted by molar-refractivity contribution is 0.660. The maximum Gasteiger partial charge on any atom is 0.0743 e. The molecule has 2 aromatic heterocycles. The first-order valence-corrected chi connectivity index (χ1v) is 7.22. The molecule has 1 unspecified atom stereocenters. The van der Waals surface area contributed by atoms with Crippen LogP contribution in [0, 0.1) is 0 Å². The molecule has 0 aliphatic heterocycles. The molecule has 1 aliphatic carbocycles. The lowest BCUT2D eigenvalue weighted by Gasteiger charge is -2.20. The van der Waals surface area contributed by atoms with E-state index in [1.165, 1.54) is 35.6 Å². The fraction of sp³-hybridized carbons (Fsp3) is 0.222. The van der Waals surface area contributed by atoms with Gasteiger partial charge in [0.05, 0.1) is 11.0 Å². The highest BCUT2D eigenvalue weighted by molar-refractivity contribution is 5.97. The maximum absolute atomic E-state index is 4.77. The van der Waals surface area contributed by atoms with Gasteiger partial charge in [-0.2, -0.15) is 0 Å². The fourth-order valence-corrected chi connectivity index (χ4v) is 3.22. The summed E-state index contributed by atoms with van der Waals surface area (Å²) < 4.78 is 0. The molecule has 0 saturated heterocycles. The highest BCUT2D eigenvalue weighted by atomic mass is 14.7. The van der Waals surface area contributed by atoms with Crippen molar-refractivity contribution in [3.8, 4) is 0 Å². The van der Waals surface area contributed by atoms with Gasteiger partial charge in [0.25, 0.3) is 0 Å². The third-order valence-corrected chi connectivity index (χ3v) is 4.15. The van der Waals surface area contributed by atoms with Crippen LogP contribution < -0.4 is 0 Å². The number of pyridine rings is 2. The van der Waals surface area contributed by atoms with E-state index in [0.717, 1.165) is 11.0 Å². The number of rotatable bonds is 1. The first kappa shape index (κ1) is 11.6. The topological polar surface area (TPSA) is 25.8 Å². The molecule has 0 fully saturated rings. The molecule has 0 saturated carbocycles. The van der Waals surface area contributed by atoms with Crippen LogP contribution in [0.4, 0.5) is 0 Å². The van der Waals surface area contributed by atoms with Crippen LogP contribution in [0.5, 0.6) is 0 Å². The van der Waals surface area contributed by atoms with E-state index in [1.807, 2.05) is 18.5 Å². The summed E-state index contributed by atoms with van der Waals surface area (Å²) in [7, 11) is 0. The highest BCUT2D eigenvalue weighted by Crippen LogP contribution is 2.36. The Kier molecular flexibility index (Phi) is 2.73. The lowest BCUT2D eigenvalue weighted by Crippen LogP contribution is -2.02. The molecule has 1 aromatic carbocycles. The van der Waals surface area contributed by atoms with Crippen molar-refractivity contribution in [3.63, 3.8) is 0 Å². The maximum atomic E-state index is 4.77. The third kappa shape index (κ3) is 1.80. The molecule has 0 bridgehead atoms. The number of benzene rings is 1. The molecule has 0 radical (unpaired) electrons. The van der Waals surface area contributed by atoms with Crippen molar-refractivity contribution in [1.29, 1.82) is 0 Å². The van der Waals surface area contributed by atoms with Gasteiger partial charge in [-0.1, -0.05) is 30.4 Å². The standard InChI is InChI=1S/C18H16N2/c1-2-6-13(7-3-1)18-14-8-4-5-9-16(14)20-17-10-11-19-12-15(17)18/h2,4-6,8-13H,1,3,7H2. The van der Waals surface area contributed by atoms with Crippen molar-refractivity contribution in [2.75, 3.05) is 0 Å². The van der Waals surface area contributed by atoms with E-state index in [-0.39, 0.29) is 0 Å². The van der Waals surface area contributed by atoms with Gasteiger partial charge in [0.1, 0.15) is 0 Å². The van der Waals surface area contributed by atoms with E-state index in [4.69, 9.17) is 4.98 Å². The summed E-state index contributed by atoms with van der Waals surface area (Å²) in [5, 5.41) is 2.47. The van der Waals surface area contributed by atoms with Gasteiger partial charge < -0.3 is 0 Å². The predicted molar refractivity (Wildman–Crippen MR) is 82.8 cm³/mol. The second kappa shape index (κ2) is 4.71. The van der Waals surface area contributed by atoms with Crippen molar-refractivity contribution in [2.45, 2.75) is 25.2 Å². The Hall–Kier alpha value is -2.22. The molecular formula is C18H16N2. The monoisotopic (exact) mass is 260 g/mol. The number of aromatic nitrogens is 2. The summed E-state index contributed by atoms with van der Waals surface area (Å²) in [6, 6.07) is 10.5. The normalized spacial score (nSPS) is 18.7. The Morgan fingerprint density at radius 3 is 2.80 bits per heavy atom. The summed E-state index contributed by atoms with van der Waals surface area (Å²) in [6.45, 7) is 0. The van der Waals surface area contributed by atoms with Gasteiger partial charge in [0, 0.05) is 29.1 Å². The molecule has 98 valence electrons. The number of para-hydroxylation sites is 1. The minimum absolute atomic E-state index is 0.489. The van der Waals surface area contributed by atoms with Crippen LogP contribution in [0.15, 0.2) is 54.9 Å². The Morgan fingerprint density at radius 2 is 1.90 bits per heavy atom. The van der Waals surface area contributed by atoms with Crippen LogP contribution in [-0.2, 0) is 0 Å². The molecule has 3 aromatic rings. The third-order valence-electron chi connectivity index (χ3n) is 4.15. The average molecular weight is 260 g/mol. The summed E-state index contributed by atoms with van der Waals surface area (Å²) in [5.74, 6) is 0.489. The van der Waals surface area contributed by atoms with Gasteiger partial charge >= 0.3 is 0 Å². The Bertz CT molecular complexity index is 751. The summed E-state index contributed by atoms with van der Waals surface area (Å²) in [4.78, 5) is 9.08. The first-order chi connectivity index (χ1) is 9.93. The van der Waals surface area contributed by atoms with E-state index in [1.54, 1.807) is 0 Å². The van der Waals surface area contributed by atoms with Gasteiger partial charge in [-0.15, -0.1) is 0 Å². The summed E-state index contributed by atoms with van der Waals surface area (Å²) >= 11 is 0. The van der Waals surface area contributed by atoms with Crippen molar-refractivity contribution in [1.82, 2.24) is 9.97 Å². The SMILES string of the molecule is C1=CC(c2c3ccccc3nc3ccncc23)CCC1. The van der Waals surface area contributed by atoms with Gasteiger partial charge in [-0.25, -0.2) is 4.98 Å². The molecule has 4 rings (SSSR count). The molecule has 20 heavy (non-hydrogen) atoms. The second-order valence-corrected chi connectivity index (χ2v) is 5.40. The van der Waals surface area contributed by atoms with Crippen LogP contribution >= 0.6 is 0 Å². The summed E-state index contributed by atoms with van der Waals surface area (Å²) in [6.07, 6.45) is 12.1. The molecule has 2 heteroatoms.